The molecule has 0 aliphatic rings. The Kier molecular flexibility index (Phi) is 8.04. The molecule has 2 rings (SSSR count). The molecule has 0 bridgehead atoms. The molecule has 0 aliphatic carbocycles. The first-order valence-electron chi connectivity index (χ1n) is 9.80. The van der Waals surface area contributed by atoms with Crippen molar-refractivity contribution in [1.29, 1.82) is 0 Å². The summed E-state index contributed by atoms with van der Waals surface area (Å²) in [7, 11) is 1.72. The Balaban J connectivity index is 1.92. The zero-order chi connectivity index (χ0) is 20.5. The maximum Gasteiger partial charge on any atom is 0.221 e. The van der Waals surface area contributed by atoms with E-state index in [0.717, 1.165) is 29.1 Å². The molecule has 1 aromatic carbocycles. The molecule has 7 nitrogen and oxygen atoms in total. The topological polar surface area (TPSA) is 83.3 Å². The molecule has 152 valence electrons. The van der Waals surface area contributed by atoms with Crippen molar-refractivity contribution in [2.45, 2.75) is 53.1 Å². The average molecular weight is 385 g/mol. The third-order valence-corrected chi connectivity index (χ3v) is 4.56. The summed E-state index contributed by atoms with van der Waals surface area (Å²) in [4.78, 5) is 16.1. The quantitative estimate of drug-likeness (QED) is 0.482. The second-order valence-corrected chi connectivity index (χ2v) is 6.95. The van der Waals surface area contributed by atoms with Crippen molar-refractivity contribution >= 4 is 11.9 Å². The molecule has 1 unspecified atom stereocenters. The highest BCUT2D eigenvalue weighted by Gasteiger charge is 2.10. The predicted octanol–water partition coefficient (Wildman–Crippen LogP) is 2.46. The van der Waals surface area contributed by atoms with Crippen LogP contribution in [0.5, 0.6) is 0 Å². The molecule has 2 aromatic rings. The van der Waals surface area contributed by atoms with Crippen LogP contribution >= 0.6 is 0 Å². The first-order chi connectivity index (χ1) is 13.4. The van der Waals surface area contributed by atoms with Crippen LogP contribution < -0.4 is 16.0 Å². The van der Waals surface area contributed by atoms with Crippen LogP contribution in [-0.4, -0.2) is 41.3 Å². The van der Waals surface area contributed by atoms with Crippen LogP contribution in [0, 0.1) is 13.8 Å². The van der Waals surface area contributed by atoms with Crippen LogP contribution in [0.25, 0.3) is 5.69 Å². The predicted molar refractivity (Wildman–Crippen MR) is 114 cm³/mol. The summed E-state index contributed by atoms with van der Waals surface area (Å²) in [5, 5.41) is 14.1. The first kappa shape index (κ1) is 21.5. The van der Waals surface area contributed by atoms with Crippen molar-refractivity contribution in [3.05, 3.63) is 47.3 Å². The molecule has 0 saturated carbocycles. The van der Waals surface area contributed by atoms with E-state index < -0.39 is 0 Å². The van der Waals surface area contributed by atoms with Gasteiger partial charge in [-0.05, 0) is 44.9 Å². The van der Waals surface area contributed by atoms with E-state index in [1.54, 1.807) is 7.05 Å². The van der Waals surface area contributed by atoms with E-state index in [0.29, 0.717) is 25.5 Å². The minimum Gasteiger partial charge on any atom is -0.356 e. The van der Waals surface area contributed by atoms with Crippen molar-refractivity contribution in [2.75, 3.05) is 13.6 Å². The highest BCUT2D eigenvalue weighted by atomic mass is 16.1. The van der Waals surface area contributed by atoms with E-state index in [1.165, 1.54) is 0 Å². The zero-order valence-corrected chi connectivity index (χ0v) is 17.5. The number of para-hydroxylation sites is 1. The molecular formula is C21H32N6O. The van der Waals surface area contributed by atoms with Gasteiger partial charge in [0.25, 0.3) is 0 Å². The van der Waals surface area contributed by atoms with Crippen LogP contribution in [0.3, 0.4) is 0 Å². The van der Waals surface area contributed by atoms with Gasteiger partial charge < -0.3 is 16.0 Å². The number of carbonyl (C=O) groups excluding carboxylic acids is 1. The van der Waals surface area contributed by atoms with Gasteiger partial charge in [-0.25, -0.2) is 4.68 Å². The molecule has 1 amide bonds. The lowest BCUT2D eigenvalue weighted by molar-refractivity contribution is -0.121. The summed E-state index contributed by atoms with van der Waals surface area (Å²) in [6.45, 7) is 9.24. The van der Waals surface area contributed by atoms with Crippen LogP contribution in [0.4, 0.5) is 0 Å². The lowest BCUT2D eigenvalue weighted by Crippen LogP contribution is -2.40. The van der Waals surface area contributed by atoms with Gasteiger partial charge in [0.15, 0.2) is 5.96 Å². The number of aromatic nitrogens is 2. The van der Waals surface area contributed by atoms with Gasteiger partial charge in [0.05, 0.1) is 11.4 Å². The van der Waals surface area contributed by atoms with Crippen LogP contribution in [-0.2, 0) is 11.3 Å². The molecule has 0 fully saturated rings. The Morgan fingerprint density at radius 1 is 1.25 bits per heavy atom. The van der Waals surface area contributed by atoms with E-state index in [1.807, 2.05) is 30.7 Å². The molecule has 7 heteroatoms. The summed E-state index contributed by atoms with van der Waals surface area (Å²) in [6.07, 6.45) is 1.34. The largest absolute Gasteiger partial charge is 0.356 e. The molecule has 0 aliphatic heterocycles. The first-order valence-corrected chi connectivity index (χ1v) is 9.80. The number of aryl methyl sites for hydroxylation is 2. The smallest absolute Gasteiger partial charge is 0.221 e. The van der Waals surface area contributed by atoms with Crippen molar-refractivity contribution in [3.63, 3.8) is 0 Å². The van der Waals surface area contributed by atoms with Gasteiger partial charge in [-0.1, -0.05) is 25.1 Å². The monoisotopic (exact) mass is 384 g/mol. The number of aliphatic imine (C=N–C) groups is 1. The number of amides is 1. The second-order valence-electron chi connectivity index (χ2n) is 6.95. The fourth-order valence-electron chi connectivity index (χ4n) is 2.88. The molecule has 3 N–H and O–H groups in total. The van der Waals surface area contributed by atoms with E-state index in [4.69, 9.17) is 0 Å². The molecule has 0 spiro atoms. The minimum atomic E-state index is 0.0483. The molecule has 1 aromatic heterocycles. The normalized spacial score (nSPS) is 12.5. The average Bonchev–Trinajstić information content (AvgIpc) is 3.02. The number of guanidine groups is 1. The van der Waals surface area contributed by atoms with Crippen molar-refractivity contribution in [3.8, 4) is 5.69 Å². The number of benzene rings is 1. The maximum atomic E-state index is 11.9. The summed E-state index contributed by atoms with van der Waals surface area (Å²) < 4.78 is 1.96. The van der Waals surface area contributed by atoms with E-state index in [2.05, 4.69) is 58.1 Å². The van der Waals surface area contributed by atoms with Gasteiger partial charge >= 0.3 is 0 Å². The molecule has 0 saturated heterocycles. The second kappa shape index (κ2) is 10.5. The summed E-state index contributed by atoms with van der Waals surface area (Å²) in [5.41, 5.74) is 4.25. The van der Waals surface area contributed by atoms with Gasteiger partial charge in [-0.3, -0.25) is 9.79 Å². The van der Waals surface area contributed by atoms with Gasteiger partial charge in [0, 0.05) is 38.3 Å². The van der Waals surface area contributed by atoms with E-state index in [9.17, 15) is 4.79 Å². The van der Waals surface area contributed by atoms with Crippen LogP contribution in [0.15, 0.2) is 35.3 Å². The lowest BCUT2D eigenvalue weighted by atomic mass is 10.1. The standard InChI is InChI=1S/C21H32N6O/c1-6-15(2)25-20(28)11-12-23-21(22-5)24-14-18-9-7-8-10-19(18)27-17(4)13-16(3)26-27/h7-10,13,15H,6,11-12,14H2,1-5H3,(H,25,28)(H2,22,23,24). The summed E-state index contributed by atoms with van der Waals surface area (Å²) in [6, 6.07) is 10.4. The Morgan fingerprint density at radius 2 is 2.00 bits per heavy atom. The Bertz CT molecular complexity index is 811. The number of nitrogens with zero attached hydrogens (tertiary/aromatic N) is 3. The summed E-state index contributed by atoms with van der Waals surface area (Å²) in [5.74, 6) is 0.715. The molecular weight excluding hydrogens is 352 g/mol. The SMILES string of the molecule is CCC(C)NC(=O)CCNC(=NC)NCc1ccccc1-n1nc(C)cc1C. The Hall–Kier alpha value is -2.83. The number of hydrogen-bond acceptors (Lipinski definition) is 3. The number of rotatable bonds is 8. The number of hydrogen-bond donors (Lipinski definition) is 3. The fraction of sp³-hybridized carbons (Fsp3) is 0.476. The van der Waals surface area contributed by atoms with Crippen molar-refractivity contribution in [2.24, 2.45) is 4.99 Å². The van der Waals surface area contributed by atoms with Crippen LogP contribution in [0.1, 0.15) is 43.6 Å². The zero-order valence-electron chi connectivity index (χ0n) is 17.5. The Morgan fingerprint density at radius 3 is 2.64 bits per heavy atom. The highest BCUT2D eigenvalue weighted by molar-refractivity contribution is 5.81. The van der Waals surface area contributed by atoms with E-state index in [-0.39, 0.29) is 11.9 Å². The fourth-order valence-corrected chi connectivity index (χ4v) is 2.88. The van der Waals surface area contributed by atoms with Gasteiger partial charge in [-0.15, -0.1) is 0 Å². The highest BCUT2D eigenvalue weighted by Crippen LogP contribution is 2.16. The molecule has 1 atom stereocenters. The molecule has 1 heterocycles. The third kappa shape index (κ3) is 6.11. The van der Waals surface area contributed by atoms with Gasteiger partial charge in [-0.2, -0.15) is 5.10 Å². The van der Waals surface area contributed by atoms with Gasteiger partial charge in [0.1, 0.15) is 0 Å². The maximum absolute atomic E-state index is 11.9. The lowest BCUT2D eigenvalue weighted by Gasteiger charge is -2.15. The van der Waals surface area contributed by atoms with Crippen LogP contribution in [0.2, 0.25) is 0 Å². The summed E-state index contributed by atoms with van der Waals surface area (Å²) >= 11 is 0. The Labute approximate surface area is 167 Å². The van der Waals surface area contributed by atoms with E-state index >= 15 is 0 Å². The van der Waals surface area contributed by atoms with Crippen molar-refractivity contribution in [1.82, 2.24) is 25.7 Å². The molecule has 0 radical (unpaired) electrons. The number of nitrogens with one attached hydrogen (secondary N) is 3. The van der Waals surface area contributed by atoms with Gasteiger partial charge in [0.2, 0.25) is 5.91 Å². The number of carbonyl (C=O) groups is 1. The third-order valence-electron chi connectivity index (χ3n) is 4.56. The molecule has 28 heavy (non-hydrogen) atoms. The minimum absolute atomic E-state index is 0.0483. The van der Waals surface area contributed by atoms with Crippen molar-refractivity contribution < 1.29 is 4.79 Å².